The zero-order valence-corrected chi connectivity index (χ0v) is 11.4. The Hall–Kier alpha value is -0.870. The first kappa shape index (κ1) is 13.6. The summed E-state index contributed by atoms with van der Waals surface area (Å²) in [5.41, 5.74) is 0.959. The minimum atomic E-state index is 0.428. The molecular weight excluding hydrogens is 228 g/mol. The van der Waals surface area contributed by atoms with E-state index in [0.29, 0.717) is 18.6 Å². The first-order chi connectivity index (χ1) is 8.74. The average molecular weight is 252 g/mol. The molecule has 0 unspecified atom stereocenters. The molecule has 1 N–H and O–H groups in total. The summed E-state index contributed by atoms with van der Waals surface area (Å²) in [6.07, 6.45) is 5.41. The number of nitrogens with one attached hydrogen (secondary N) is 1. The van der Waals surface area contributed by atoms with Crippen LogP contribution in [0.5, 0.6) is 0 Å². The predicted molar refractivity (Wildman–Crippen MR) is 70.1 cm³/mol. The Morgan fingerprint density at radius 3 is 2.94 bits per heavy atom. The van der Waals surface area contributed by atoms with Gasteiger partial charge in [0.25, 0.3) is 0 Å². The minimum Gasteiger partial charge on any atom is -0.370 e. The number of ether oxygens (including phenoxy) is 1. The molecule has 0 spiro atoms. The van der Waals surface area contributed by atoms with Gasteiger partial charge in [-0.25, -0.2) is 0 Å². The maximum atomic E-state index is 5.79. The van der Waals surface area contributed by atoms with Crippen molar-refractivity contribution in [2.24, 2.45) is 5.92 Å². The summed E-state index contributed by atoms with van der Waals surface area (Å²) in [6.45, 7) is 6.71. The molecule has 0 radical (unpaired) electrons. The van der Waals surface area contributed by atoms with E-state index in [9.17, 15) is 0 Å². The molecule has 102 valence electrons. The quantitative estimate of drug-likeness (QED) is 0.810. The summed E-state index contributed by atoms with van der Waals surface area (Å²) in [4.78, 5) is 0. The molecule has 1 aliphatic carbocycles. The second-order valence-corrected chi connectivity index (χ2v) is 5.53. The van der Waals surface area contributed by atoms with E-state index < -0.39 is 0 Å². The maximum Gasteiger partial charge on any atom is 0.162 e. The minimum absolute atomic E-state index is 0.428. The van der Waals surface area contributed by atoms with E-state index in [2.05, 4.69) is 24.3 Å². The standard InChI is InChI=1S/C14H24N2O2/c1-11(2)8-15-9-12-7-14(18-16-12)10-17-13-5-3-4-6-13/h7,11,13,15H,3-6,8-10H2,1-2H3. The highest BCUT2D eigenvalue weighted by molar-refractivity contribution is 5.04. The summed E-state index contributed by atoms with van der Waals surface area (Å²) >= 11 is 0. The second kappa shape index (κ2) is 6.90. The highest BCUT2D eigenvalue weighted by Gasteiger charge is 2.16. The zero-order valence-electron chi connectivity index (χ0n) is 11.4. The summed E-state index contributed by atoms with van der Waals surface area (Å²) in [5, 5.41) is 7.39. The van der Waals surface area contributed by atoms with Gasteiger partial charge in [0.15, 0.2) is 5.76 Å². The van der Waals surface area contributed by atoms with Crippen molar-refractivity contribution in [3.8, 4) is 0 Å². The largest absolute Gasteiger partial charge is 0.370 e. The lowest BCUT2D eigenvalue weighted by Crippen LogP contribution is -2.19. The third-order valence-corrected chi connectivity index (χ3v) is 3.23. The number of hydrogen-bond acceptors (Lipinski definition) is 4. The Morgan fingerprint density at radius 1 is 1.44 bits per heavy atom. The van der Waals surface area contributed by atoms with E-state index in [1.807, 2.05) is 6.07 Å². The van der Waals surface area contributed by atoms with Crippen molar-refractivity contribution in [3.63, 3.8) is 0 Å². The maximum absolute atomic E-state index is 5.79. The molecule has 4 heteroatoms. The van der Waals surface area contributed by atoms with E-state index in [1.54, 1.807) is 0 Å². The van der Waals surface area contributed by atoms with Crippen LogP contribution in [0.1, 0.15) is 51.0 Å². The van der Waals surface area contributed by atoms with Gasteiger partial charge in [-0.1, -0.05) is 31.8 Å². The normalized spacial score (nSPS) is 16.8. The van der Waals surface area contributed by atoms with Gasteiger partial charge in [-0.3, -0.25) is 0 Å². The molecule has 0 bridgehead atoms. The molecule has 0 aliphatic heterocycles. The predicted octanol–water partition coefficient (Wildman–Crippen LogP) is 2.88. The third-order valence-electron chi connectivity index (χ3n) is 3.23. The molecule has 4 nitrogen and oxygen atoms in total. The van der Waals surface area contributed by atoms with Crippen LogP contribution in [0, 0.1) is 5.92 Å². The summed E-state index contributed by atoms with van der Waals surface area (Å²) in [5.74, 6) is 1.49. The third kappa shape index (κ3) is 4.42. The van der Waals surface area contributed by atoms with Crippen molar-refractivity contribution in [2.75, 3.05) is 6.54 Å². The van der Waals surface area contributed by atoms with Crippen LogP contribution in [0.25, 0.3) is 0 Å². The van der Waals surface area contributed by atoms with Gasteiger partial charge in [-0.2, -0.15) is 0 Å². The van der Waals surface area contributed by atoms with Gasteiger partial charge < -0.3 is 14.6 Å². The smallest absolute Gasteiger partial charge is 0.162 e. The van der Waals surface area contributed by atoms with Crippen LogP contribution < -0.4 is 5.32 Å². The van der Waals surface area contributed by atoms with Crippen LogP contribution in [-0.2, 0) is 17.9 Å². The molecule has 2 rings (SSSR count). The van der Waals surface area contributed by atoms with Crippen molar-refractivity contribution in [3.05, 3.63) is 17.5 Å². The molecule has 1 fully saturated rings. The lowest BCUT2D eigenvalue weighted by Gasteiger charge is -2.08. The fourth-order valence-electron chi connectivity index (χ4n) is 2.25. The van der Waals surface area contributed by atoms with Crippen LogP contribution in [0.4, 0.5) is 0 Å². The Bertz CT molecular complexity index is 343. The van der Waals surface area contributed by atoms with Crippen molar-refractivity contribution in [1.29, 1.82) is 0 Å². The molecule has 0 saturated heterocycles. The van der Waals surface area contributed by atoms with Crippen LogP contribution in [-0.4, -0.2) is 17.8 Å². The van der Waals surface area contributed by atoms with Gasteiger partial charge in [0.2, 0.25) is 0 Å². The number of rotatable bonds is 7. The van der Waals surface area contributed by atoms with Gasteiger partial charge in [-0.05, 0) is 25.3 Å². The Kier molecular flexibility index (Phi) is 5.20. The molecule has 18 heavy (non-hydrogen) atoms. The summed E-state index contributed by atoms with van der Waals surface area (Å²) in [6, 6.07) is 1.99. The number of hydrogen-bond donors (Lipinski definition) is 1. The van der Waals surface area contributed by atoms with Crippen LogP contribution >= 0.6 is 0 Å². The second-order valence-electron chi connectivity index (χ2n) is 5.53. The molecule has 1 aromatic rings. The van der Waals surface area contributed by atoms with E-state index >= 15 is 0 Å². The Labute approximate surface area is 109 Å². The molecule has 1 aromatic heterocycles. The molecular formula is C14H24N2O2. The van der Waals surface area contributed by atoms with Crippen LogP contribution in [0.2, 0.25) is 0 Å². The monoisotopic (exact) mass is 252 g/mol. The highest BCUT2D eigenvalue weighted by atomic mass is 16.5. The number of nitrogens with zero attached hydrogens (tertiary/aromatic N) is 1. The SMILES string of the molecule is CC(C)CNCc1cc(COC2CCCC2)on1. The molecule has 1 aliphatic rings. The van der Waals surface area contributed by atoms with Crippen molar-refractivity contribution in [1.82, 2.24) is 10.5 Å². The first-order valence-corrected chi connectivity index (χ1v) is 7.01. The summed E-state index contributed by atoms with van der Waals surface area (Å²) < 4.78 is 11.1. The Balaban J connectivity index is 1.68. The van der Waals surface area contributed by atoms with Crippen molar-refractivity contribution in [2.45, 2.75) is 58.8 Å². The molecule has 1 heterocycles. The molecule has 0 amide bonds. The summed E-state index contributed by atoms with van der Waals surface area (Å²) in [7, 11) is 0. The van der Waals surface area contributed by atoms with E-state index in [-0.39, 0.29) is 0 Å². The van der Waals surface area contributed by atoms with Gasteiger partial charge in [0.05, 0.1) is 11.8 Å². The van der Waals surface area contributed by atoms with Crippen molar-refractivity contribution >= 4 is 0 Å². The average Bonchev–Trinajstić information content (AvgIpc) is 2.96. The first-order valence-electron chi connectivity index (χ1n) is 7.01. The van der Waals surface area contributed by atoms with Gasteiger partial charge >= 0.3 is 0 Å². The van der Waals surface area contributed by atoms with Crippen molar-refractivity contribution < 1.29 is 9.26 Å². The zero-order chi connectivity index (χ0) is 12.8. The van der Waals surface area contributed by atoms with Crippen LogP contribution in [0.3, 0.4) is 0 Å². The topological polar surface area (TPSA) is 47.3 Å². The lowest BCUT2D eigenvalue weighted by atomic mass is 10.2. The fraction of sp³-hybridized carbons (Fsp3) is 0.786. The number of aromatic nitrogens is 1. The van der Waals surface area contributed by atoms with Crippen LogP contribution in [0.15, 0.2) is 10.6 Å². The van der Waals surface area contributed by atoms with E-state index in [0.717, 1.165) is 24.5 Å². The lowest BCUT2D eigenvalue weighted by molar-refractivity contribution is 0.0330. The molecule has 1 saturated carbocycles. The Morgan fingerprint density at radius 2 is 2.22 bits per heavy atom. The van der Waals surface area contributed by atoms with E-state index in [1.165, 1.54) is 25.7 Å². The fourth-order valence-corrected chi connectivity index (χ4v) is 2.25. The van der Waals surface area contributed by atoms with Gasteiger partial charge in [-0.15, -0.1) is 0 Å². The van der Waals surface area contributed by atoms with E-state index in [4.69, 9.17) is 9.26 Å². The molecule has 0 aromatic carbocycles. The molecule has 0 atom stereocenters. The van der Waals surface area contributed by atoms with Gasteiger partial charge in [0, 0.05) is 12.6 Å². The van der Waals surface area contributed by atoms with Gasteiger partial charge in [0.1, 0.15) is 6.61 Å². The highest BCUT2D eigenvalue weighted by Crippen LogP contribution is 2.22.